The molecule has 0 saturated carbocycles. The van der Waals surface area contributed by atoms with Crippen molar-refractivity contribution in [3.8, 4) is 17.2 Å². The lowest BCUT2D eigenvalue weighted by Gasteiger charge is -2.35. The maximum absolute atomic E-state index is 13.1. The Morgan fingerprint density at radius 2 is 1.60 bits per heavy atom. The van der Waals surface area contributed by atoms with Gasteiger partial charge in [0.1, 0.15) is 17.2 Å². The Hall–Kier alpha value is -2.69. The third-order valence-electron chi connectivity index (χ3n) is 4.75. The average Bonchev–Trinajstić information content (AvgIpc) is 2.66. The lowest BCUT2D eigenvalue weighted by Crippen LogP contribution is -2.38. The molecule has 5 heteroatoms. The van der Waals surface area contributed by atoms with Crippen molar-refractivity contribution in [1.82, 2.24) is 4.90 Å². The number of methoxy groups -OCH3 is 3. The van der Waals surface area contributed by atoms with Crippen molar-refractivity contribution < 1.29 is 19.0 Å². The average molecular weight is 341 g/mol. The molecule has 0 spiro atoms. The smallest absolute Gasteiger partial charge is 0.254 e. The predicted octanol–water partition coefficient (Wildman–Crippen LogP) is 3.47. The second-order valence-corrected chi connectivity index (χ2v) is 6.09. The Morgan fingerprint density at radius 3 is 2.20 bits per heavy atom. The minimum Gasteiger partial charge on any atom is -0.497 e. The van der Waals surface area contributed by atoms with E-state index in [1.54, 1.807) is 39.5 Å². The summed E-state index contributed by atoms with van der Waals surface area (Å²) in [7, 11) is 4.83. The molecule has 0 aliphatic carbocycles. The molecule has 5 nitrogen and oxygen atoms in total. The highest BCUT2D eigenvalue weighted by molar-refractivity contribution is 5.95. The molecule has 1 atom stereocenters. The van der Waals surface area contributed by atoms with E-state index in [1.807, 2.05) is 17.0 Å². The first-order chi connectivity index (χ1) is 12.1. The SMILES string of the molecule is COc1cc(OC)cc(C(=O)N2CCc3cc(OC)ccc3C2C)c1. The molecule has 1 aliphatic rings. The lowest BCUT2D eigenvalue weighted by molar-refractivity contribution is 0.0677. The Balaban J connectivity index is 1.90. The van der Waals surface area contributed by atoms with Crippen molar-refractivity contribution in [2.24, 2.45) is 0 Å². The monoisotopic (exact) mass is 341 g/mol. The van der Waals surface area contributed by atoms with Crippen LogP contribution >= 0.6 is 0 Å². The van der Waals surface area contributed by atoms with E-state index >= 15 is 0 Å². The van der Waals surface area contributed by atoms with E-state index in [2.05, 4.69) is 13.0 Å². The topological polar surface area (TPSA) is 48.0 Å². The lowest BCUT2D eigenvalue weighted by atomic mass is 9.92. The number of carbonyl (C=O) groups excluding carboxylic acids is 1. The molecular formula is C20H23NO4. The van der Waals surface area contributed by atoms with Gasteiger partial charge in [0.15, 0.2) is 0 Å². The van der Waals surface area contributed by atoms with Crippen molar-refractivity contribution in [2.45, 2.75) is 19.4 Å². The number of hydrogen-bond donors (Lipinski definition) is 0. The molecule has 3 rings (SSSR count). The maximum atomic E-state index is 13.1. The Bertz CT molecular complexity index is 765. The highest BCUT2D eigenvalue weighted by atomic mass is 16.5. The summed E-state index contributed by atoms with van der Waals surface area (Å²) in [5, 5.41) is 0. The minimum absolute atomic E-state index is 0.000600. The van der Waals surface area contributed by atoms with E-state index in [9.17, 15) is 4.79 Å². The summed E-state index contributed by atoms with van der Waals surface area (Å²) < 4.78 is 15.9. The Labute approximate surface area is 148 Å². The van der Waals surface area contributed by atoms with Crippen LogP contribution in [0.25, 0.3) is 0 Å². The van der Waals surface area contributed by atoms with Crippen LogP contribution in [0.15, 0.2) is 36.4 Å². The van der Waals surface area contributed by atoms with Gasteiger partial charge in [-0.3, -0.25) is 4.79 Å². The van der Waals surface area contributed by atoms with Crippen molar-refractivity contribution in [3.63, 3.8) is 0 Å². The van der Waals surface area contributed by atoms with Crippen molar-refractivity contribution in [1.29, 1.82) is 0 Å². The van der Waals surface area contributed by atoms with Gasteiger partial charge in [-0.2, -0.15) is 0 Å². The van der Waals surface area contributed by atoms with E-state index in [-0.39, 0.29) is 11.9 Å². The van der Waals surface area contributed by atoms with E-state index in [4.69, 9.17) is 14.2 Å². The molecule has 2 aromatic rings. The van der Waals surface area contributed by atoms with Gasteiger partial charge in [0.05, 0.1) is 27.4 Å². The normalized spacial score (nSPS) is 16.2. The second kappa shape index (κ2) is 7.05. The number of ether oxygens (including phenoxy) is 3. The van der Waals surface area contributed by atoms with E-state index < -0.39 is 0 Å². The highest BCUT2D eigenvalue weighted by Gasteiger charge is 2.29. The molecular weight excluding hydrogens is 318 g/mol. The Morgan fingerprint density at radius 1 is 0.960 bits per heavy atom. The van der Waals surface area contributed by atoms with Crippen LogP contribution in [0.2, 0.25) is 0 Å². The number of fused-ring (bicyclic) bond motifs is 1. The van der Waals surface area contributed by atoms with Crippen LogP contribution in [0, 0.1) is 0 Å². The largest absolute Gasteiger partial charge is 0.497 e. The van der Waals surface area contributed by atoms with E-state index in [1.165, 1.54) is 5.56 Å². The fourth-order valence-electron chi connectivity index (χ4n) is 3.31. The van der Waals surface area contributed by atoms with Gasteiger partial charge >= 0.3 is 0 Å². The summed E-state index contributed by atoms with van der Waals surface area (Å²) in [4.78, 5) is 15.0. The molecule has 0 radical (unpaired) electrons. The summed E-state index contributed by atoms with van der Waals surface area (Å²) >= 11 is 0. The van der Waals surface area contributed by atoms with Crippen LogP contribution in [0.3, 0.4) is 0 Å². The summed E-state index contributed by atoms with van der Waals surface area (Å²) in [6.07, 6.45) is 0.809. The third kappa shape index (κ3) is 3.27. The number of benzene rings is 2. The van der Waals surface area contributed by atoms with Crippen LogP contribution < -0.4 is 14.2 Å². The molecule has 0 saturated heterocycles. The first-order valence-corrected chi connectivity index (χ1v) is 8.28. The van der Waals surface area contributed by atoms with Crippen LogP contribution in [-0.2, 0) is 6.42 Å². The van der Waals surface area contributed by atoms with Gasteiger partial charge < -0.3 is 19.1 Å². The molecule has 0 N–H and O–H groups in total. The van der Waals surface area contributed by atoms with Gasteiger partial charge in [-0.05, 0) is 48.7 Å². The highest BCUT2D eigenvalue weighted by Crippen LogP contribution is 2.33. The minimum atomic E-state index is -0.0221. The number of rotatable bonds is 4. The molecule has 132 valence electrons. The van der Waals surface area contributed by atoms with Crippen molar-refractivity contribution in [2.75, 3.05) is 27.9 Å². The zero-order valence-corrected chi connectivity index (χ0v) is 15.0. The van der Waals surface area contributed by atoms with Gasteiger partial charge in [-0.1, -0.05) is 6.07 Å². The van der Waals surface area contributed by atoms with Crippen molar-refractivity contribution >= 4 is 5.91 Å². The second-order valence-electron chi connectivity index (χ2n) is 6.09. The number of nitrogens with zero attached hydrogens (tertiary/aromatic N) is 1. The molecule has 0 bridgehead atoms. The first-order valence-electron chi connectivity index (χ1n) is 8.28. The van der Waals surface area contributed by atoms with E-state index in [0.717, 1.165) is 17.7 Å². The number of carbonyl (C=O) groups is 1. The van der Waals surface area contributed by atoms with Gasteiger partial charge in [0.2, 0.25) is 0 Å². The van der Waals surface area contributed by atoms with Crippen LogP contribution in [0.4, 0.5) is 0 Å². The van der Waals surface area contributed by atoms with Crippen LogP contribution in [-0.4, -0.2) is 38.7 Å². The Kier molecular flexibility index (Phi) is 4.83. The van der Waals surface area contributed by atoms with Gasteiger partial charge in [-0.15, -0.1) is 0 Å². The van der Waals surface area contributed by atoms with Gasteiger partial charge in [-0.25, -0.2) is 0 Å². The molecule has 2 aromatic carbocycles. The summed E-state index contributed by atoms with van der Waals surface area (Å²) in [6, 6.07) is 11.3. The summed E-state index contributed by atoms with van der Waals surface area (Å²) in [6.45, 7) is 2.72. The third-order valence-corrected chi connectivity index (χ3v) is 4.75. The van der Waals surface area contributed by atoms with Crippen LogP contribution in [0.5, 0.6) is 17.2 Å². The summed E-state index contributed by atoms with van der Waals surface area (Å²) in [5.74, 6) is 2.05. The zero-order chi connectivity index (χ0) is 18.0. The molecule has 25 heavy (non-hydrogen) atoms. The first kappa shape index (κ1) is 17.1. The standard InChI is InChI=1S/C20H23NO4/c1-13-19-6-5-16(23-2)9-14(19)7-8-21(13)20(22)15-10-17(24-3)12-18(11-15)25-4/h5-6,9-13H,7-8H2,1-4H3. The van der Waals surface area contributed by atoms with Crippen molar-refractivity contribution in [3.05, 3.63) is 53.1 Å². The van der Waals surface area contributed by atoms with Gasteiger partial charge in [0, 0.05) is 18.2 Å². The quantitative estimate of drug-likeness (QED) is 0.854. The molecule has 1 heterocycles. The zero-order valence-electron chi connectivity index (χ0n) is 15.0. The maximum Gasteiger partial charge on any atom is 0.254 e. The fraction of sp³-hybridized carbons (Fsp3) is 0.350. The van der Waals surface area contributed by atoms with Crippen LogP contribution in [0.1, 0.15) is 34.5 Å². The summed E-state index contributed by atoms with van der Waals surface area (Å²) in [5.41, 5.74) is 2.97. The molecule has 0 fully saturated rings. The molecule has 0 aromatic heterocycles. The predicted molar refractivity (Wildman–Crippen MR) is 95.7 cm³/mol. The van der Waals surface area contributed by atoms with E-state index in [0.29, 0.717) is 23.6 Å². The number of hydrogen-bond acceptors (Lipinski definition) is 4. The van der Waals surface area contributed by atoms with Gasteiger partial charge in [0.25, 0.3) is 5.91 Å². The molecule has 1 amide bonds. The molecule has 1 unspecified atom stereocenters. The number of amides is 1. The fourth-order valence-corrected chi connectivity index (χ4v) is 3.31. The molecule has 1 aliphatic heterocycles.